The number of fused-ring (bicyclic) bond motifs is 1. The van der Waals surface area contributed by atoms with Crippen molar-refractivity contribution < 1.29 is 9.26 Å². The Hall–Kier alpha value is -3.27. The minimum atomic E-state index is -0.585. The topological polar surface area (TPSA) is 142 Å². The fourth-order valence-electron chi connectivity index (χ4n) is 5.87. The summed E-state index contributed by atoms with van der Waals surface area (Å²) in [7, 11) is 2.13. The number of nitrogens with zero attached hydrogens (tertiary/aromatic N) is 7. The van der Waals surface area contributed by atoms with Crippen LogP contribution in [0.3, 0.4) is 0 Å². The molecule has 2 saturated heterocycles. The molecule has 0 spiro atoms. The van der Waals surface area contributed by atoms with E-state index in [0.717, 1.165) is 74.7 Å². The predicted octanol–water partition coefficient (Wildman–Crippen LogP) is 2.57. The van der Waals surface area contributed by atoms with Gasteiger partial charge < -0.3 is 30.1 Å². The van der Waals surface area contributed by atoms with Gasteiger partial charge in [-0.05, 0) is 52.6 Å². The van der Waals surface area contributed by atoms with Crippen LogP contribution in [0.4, 0.5) is 10.8 Å². The van der Waals surface area contributed by atoms with Gasteiger partial charge in [0, 0.05) is 48.7 Å². The predicted molar refractivity (Wildman–Crippen MR) is 144 cm³/mol. The molecule has 38 heavy (non-hydrogen) atoms. The van der Waals surface area contributed by atoms with Crippen LogP contribution in [0.1, 0.15) is 54.5 Å². The Morgan fingerprint density at radius 3 is 2.87 bits per heavy atom. The van der Waals surface area contributed by atoms with Crippen LogP contribution in [-0.2, 0) is 11.8 Å². The lowest BCUT2D eigenvalue weighted by molar-refractivity contribution is 0.188. The number of nitrogens with one attached hydrogen (secondary N) is 1. The lowest BCUT2D eigenvalue weighted by Crippen LogP contribution is -2.44. The van der Waals surface area contributed by atoms with E-state index in [4.69, 9.17) is 29.9 Å². The van der Waals surface area contributed by atoms with E-state index in [1.54, 1.807) is 0 Å². The summed E-state index contributed by atoms with van der Waals surface area (Å²) < 4.78 is 12.0. The largest absolute Gasteiger partial charge is 0.462 e. The number of aromatic nitrogens is 4. The summed E-state index contributed by atoms with van der Waals surface area (Å²) >= 11 is 1.49. The third-order valence-corrected chi connectivity index (χ3v) is 9.17. The number of hydrogen-bond acceptors (Lipinski definition) is 12. The van der Waals surface area contributed by atoms with Crippen molar-refractivity contribution in [2.75, 3.05) is 57.0 Å². The zero-order chi connectivity index (χ0) is 26.3. The van der Waals surface area contributed by atoms with Gasteiger partial charge in [0.15, 0.2) is 0 Å². The number of nitrogen functional groups attached to an aromatic ring is 1. The molecule has 5 heterocycles. The minimum Gasteiger partial charge on any atom is -0.462 e. The van der Waals surface area contributed by atoms with E-state index in [-0.39, 0.29) is 0 Å². The molecule has 11 nitrogen and oxygen atoms in total. The van der Waals surface area contributed by atoms with Crippen LogP contribution in [0.5, 0.6) is 6.01 Å². The van der Waals surface area contributed by atoms with Crippen LogP contribution in [0, 0.1) is 11.3 Å². The fourth-order valence-corrected chi connectivity index (χ4v) is 7.06. The second kappa shape index (κ2) is 10.1. The summed E-state index contributed by atoms with van der Waals surface area (Å²) in [6.07, 6.45) is 4.94. The molecular formula is C26H33N9O2S. The minimum absolute atomic E-state index is 0.325. The maximum Gasteiger partial charge on any atom is 0.319 e. The molecule has 0 aromatic carbocycles. The first-order chi connectivity index (χ1) is 18.5. The maximum absolute atomic E-state index is 9.82. The molecule has 0 saturated carbocycles. The number of piperazine rings is 1. The summed E-state index contributed by atoms with van der Waals surface area (Å²) in [6, 6.07) is 4.89. The molecule has 3 aliphatic rings. The first-order valence-electron chi connectivity index (χ1n) is 13.3. The molecule has 0 amide bonds. The Kier molecular flexibility index (Phi) is 6.67. The molecule has 0 unspecified atom stereocenters. The van der Waals surface area contributed by atoms with Gasteiger partial charge in [-0.25, -0.2) is 0 Å². The second-order valence-electron chi connectivity index (χ2n) is 10.6. The molecule has 3 N–H and O–H groups in total. The van der Waals surface area contributed by atoms with E-state index in [1.165, 1.54) is 17.8 Å². The number of thiophene rings is 1. The van der Waals surface area contributed by atoms with E-state index in [9.17, 15) is 5.26 Å². The number of hydrogen-bond donors (Lipinski definition) is 2. The summed E-state index contributed by atoms with van der Waals surface area (Å²) in [5.74, 6) is 1.65. The van der Waals surface area contributed by atoms with Crippen LogP contribution in [0.25, 0.3) is 11.5 Å². The van der Waals surface area contributed by atoms with Gasteiger partial charge in [0.1, 0.15) is 29.2 Å². The summed E-state index contributed by atoms with van der Waals surface area (Å²) in [5.41, 5.74) is 7.63. The highest BCUT2D eigenvalue weighted by molar-refractivity contribution is 7.16. The number of likely N-dealkylation sites (tertiary alicyclic amines) is 1. The standard InChI is InChI=1S/C26H33N9O2S/c1-26(7-3-6-19-21(26)17(14-27)22(28)38-19)24-32-23(33-37-24)18-13-20(35-11-8-29-9-12-35)31-25(30-18)36-15-16-5-4-10-34(16)2/h13,16,29H,3-12,15,28H2,1-2H3/t16-,26-/m0/s1. The van der Waals surface area contributed by atoms with Gasteiger partial charge in [0.25, 0.3) is 0 Å². The summed E-state index contributed by atoms with van der Waals surface area (Å²) in [6.45, 7) is 7.15. The normalized spacial score (nSPS) is 23.8. The van der Waals surface area contributed by atoms with Gasteiger partial charge in [0.2, 0.25) is 11.7 Å². The van der Waals surface area contributed by atoms with Gasteiger partial charge in [0.05, 0.1) is 11.0 Å². The number of ether oxygens (including phenoxy) is 1. The molecule has 1 aliphatic carbocycles. The third kappa shape index (κ3) is 4.48. The molecule has 2 atom stereocenters. The monoisotopic (exact) mass is 535 g/mol. The van der Waals surface area contributed by atoms with E-state index in [0.29, 0.717) is 46.6 Å². The Balaban J connectivity index is 1.34. The molecule has 6 rings (SSSR count). The van der Waals surface area contributed by atoms with Crippen LogP contribution < -0.4 is 20.7 Å². The second-order valence-corrected chi connectivity index (χ2v) is 11.7. The van der Waals surface area contributed by atoms with Gasteiger partial charge in [-0.2, -0.15) is 20.2 Å². The van der Waals surface area contributed by atoms with Crippen LogP contribution >= 0.6 is 11.3 Å². The lowest BCUT2D eigenvalue weighted by Gasteiger charge is -2.30. The van der Waals surface area contributed by atoms with Crippen molar-refractivity contribution in [3.05, 3.63) is 28.0 Å². The van der Waals surface area contributed by atoms with Gasteiger partial charge in [-0.3, -0.25) is 0 Å². The summed E-state index contributed by atoms with van der Waals surface area (Å²) in [4.78, 5) is 19.9. The third-order valence-electron chi connectivity index (χ3n) is 8.09. The van der Waals surface area contributed by atoms with Gasteiger partial charge in [-0.1, -0.05) is 5.16 Å². The van der Waals surface area contributed by atoms with E-state index < -0.39 is 5.41 Å². The van der Waals surface area contributed by atoms with Crippen molar-refractivity contribution in [1.82, 2.24) is 30.3 Å². The fraction of sp³-hybridized carbons (Fsp3) is 0.577. The number of nitriles is 1. The number of anilines is 2. The average Bonchev–Trinajstić information content (AvgIpc) is 3.67. The number of likely N-dealkylation sites (N-methyl/N-ethyl adjacent to an activating group) is 1. The highest BCUT2D eigenvalue weighted by Crippen LogP contribution is 2.48. The Morgan fingerprint density at radius 2 is 2.11 bits per heavy atom. The molecule has 0 radical (unpaired) electrons. The maximum atomic E-state index is 9.82. The molecule has 12 heteroatoms. The van der Waals surface area contributed by atoms with Gasteiger partial charge in [-0.15, -0.1) is 11.3 Å². The van der Waals surface area contributed by atoms with Gasteiger partial charge >= 0.3 is 6.01 Å². The quantitative estimate of drug-likeness (QED) is 0.481. The van der Waals surface area contributed by atoms with Crippen molar-refractivity contribution >= 4 is 22.2 Å². The van der Waals surface area contributed by atoms with Crippen molar-refractivity contribution in [3.63, 3.8) is 0 Å². The Morgan fingerprint density at radius 1 is 1.26 bits per heavy atom. The van der Waals surface area contributed by atoms with Crippen LogP contribution in [0.15, 0.2) is 10.6 Å². The first kappa shape index (κ1) is 25.0. The van der Waals surface area contributed by atoms with Crippen molar-refractivity contribution in [2.24, 2.45) is 0 Å². The first-order valence-corrected chi connectivity index (χ1v) is 14.1. The molecule has 200 valence electrons. The summed E-state index contributed by atoms with van der Waals surface area (Å²) in [5, 5.41) is 18.1. The molecule has 3 aromatic rings. The molecule has 0 bridgehead atoms. The van der Waals surface area contributed by atoms with Crippen LogP contribution in [0.2, 0.25) is 0 Å². The molecular weight excluding hydrogens is 502 g/mol. The lowest BCUT2D eigenvalue weighted by atomic mass is 9.72. The Labute approximate surface area is 226 Å². The highest BCUT2D eigenvalue weighted by Gasteiger charge is 2.43. The smallest absolute Gasteiger partial charge is 0.319 e. The van der Waals surface area contributed by atoms with E-state index in [1.807, 2.05) is 6.07 Å². The van der Waals surface area contributed by atoms with Crippen molar-refractivity contribution in [3.8, 4) is 23.6 Å². The SMILES string of the molecule is CN1CCC[C@H]1COc1nc(-c2noc([C@@]3(C)CCCc4sc(N)c(C#N)c43)n2)cc(N2CCNCC2)n1. The molecule has 2 aliphatic heterocycles. The number of aryl methyl sites for hydroxylation is 1. The van der Waals surface area contributed by atoms with E-state index >= 15 is 0 Å². The molecule has 2 fully saturated rings. The van der Waals surface area contributed by atoms with E-state index in [2.05, 4.69) is 40.3 Å². The number of nitrogens with two attached hydrogens (primary N) is 1. The number of rotatable bonds is 6. The Bertz CT molecular complexity index is 1360. The van der Waals surface area contributed by atoms with Crippen molar-refractivity contribution in [2.45, 2.75) is 50.5 Å². The molecule has 3 aromatic heterocycles. The zero-order valence-electron chi connectivity index (χ0n) is 21.9. The average molecular weight is 536 g/mol. The highest BCUT2D eigenvalue weighted by atomic mass is 32.1. The van der Waals surface area contributed by atoms with Crippen LogP contribution in [-0.4, -0.2) is 77.4 Å². The zero-order valence-corrected chi connectivity index (χ0v) is 22.7. The van der Waals surface area contributed by atoms with Crippen molar-refractivity contribution in [1.29, 1.82) is 5.26 Å².